The molecule has 0 aliphatic carbocycles. The molecule has 1 aliphatic rings. The van der Waals surface area contributed by atoms with Crippen LogP contribution in [-0.2, 0) is 6.54 Å². The minimum Gasteiger partial charge on any atom is -0.486 e. The van der Waals surface area contributed by atoms with Gasteiger partial charge in [0.1, 0.15) is 13.2 Å². The van der Waals surface area contributed by atoms with Gasteiger partial charge in [-0.1, -0.05) is 0 Å². The first kappa shape index (κ1) is 13.3. The summed E-state index contributed by atoms with van der Waals surface area (Å²) < 4.78 is 12.1. The molecule has 0 atom stereocenters. The predicted molar refractivity (Wildman–Crippen MR) is 74.9 cm³/mol. The molecule has 0 bridgehead atoms. The van der Waals surface area contributed by atoms with Crippen molar-refractivity contribution in [2.24, 2.45) is 0 Å². The molecule has 1 aromatic rings. The van der Waals surface area contributed by atoms with Crippen molar-refractivity contribution < 1.29 is 9.47 Å². The number of unbranched alkanes of at least 4 members (excludes halogenated alkanes) is 1. The number of ether oxygens (including phenoxy) is 2. The van der Waals surface area contributed by atoms with Crippen LogP contribution in [0.25, 0.3) is 0 Å². The van der Waals surface area contributed by atoms with E-state index in [0.29, 0.717) is 13.2 Å². The first-order chi connectivity index (χ1) is 8.81. The fourth-order valence-corrected chi connectivity index (χ4v) is 2.42. The molecule has 0 fully saturated rings. The summed E-state index contributed by atoms with van der Waals surface area (Å²) >= 11 is 3.51. The van der Waals surface area contributed by atoms with E-state index in [1.165, 1.54) is 5.56 Å². The van der Waals surface area contributed by atoms with Gasteiger partial charge in [-0.25, -0.2) is 0 Å². The molecule has 2 rings (SSSR count). The van der Waals surface area contributed by atoms with Crippen molar-refractivity contribution in [3.63, 3.8) is 0 Å². The van der Waals surface area contributed by atoms with Gasteiger partial charge in [0.25, 0.3) is 0 Å². The number of halogens is 1. The van der Waals surface area contributed by atoms with Gasteiger partial charge in [0.2, 0.25) is 0 Å². The lowest BCUT2D eigenvalue weighted by molar-refractivity contribution is 0.170. The monoisotopic (exact) mass is 309 g/mol. The average Bonchev–Trinajstić information content (AvgIpc) is 2.39. The summed E-state index contributed by atoms with van der Waals surface area (Å²) in [5.41, 5.74) is 1.17. The molecule has 0 amide bonds. The van der Waals surface area contributed by atoms with Crippen molar-refractivity contribution >= 4 is 15.9 Å². The summed E-state index contributed by atoms with van der Waals surface area (Å²) in [6.07, 6.45) is 7.02. The highest BCUT2D eigenvalue weighted by molar-refractivity contribution is 9.10. The molecule has 18 heavy (non-hydrogen) atoms. The van der Waals surface area contributed by atoms with Crippen molar-refractivity contribution in [3.05, 3.63) is 22.2 Å². The summed E-state index contributed by atoms with van der Waals surface area (Å²) in [7, 11) is 0. The van der Waals surface area contributed by atoms with Gasteiger partial charge in [-0.05, 0) is 46.6 Å². The van der Waals surface area contributed by atoms with Crippen LogP contribution in [0.1, 0.15) is 18.4 Å². The van der Waals surface area contributed by atoms with E-state index in [-0.39, 0.29) is 0 Å². The fourth-order valence-electron chi connectivity index (χ4n) is 1.81. The van der Waals surface area contributed by atoms with Crippen molar-refractivity contribution in [2.45, 2.75) is 19.4 Å². The van der Waals surface area contributed by atoms with Crippen LogP contribution in [0, 0.1) is 12.3 Å². The number of fused-ring (bicyclic) bond motifs is 1. The number of rotatable bonds is 5. The maximum absolute atomic E-state index is 5.58. The van der Waals surface area contributed by atoms with Crippen LogP contribution in [0.15, 0.2) is 16.6 Å². The number of terminal acetylenes is 1. The van der Waals surface area contributed by atoms with E-state index in [2.05, 4.69) is 33.2 Å². The lowest BCUT2D eigenvalue weighted by atomic mass is 10.2. The second kappa shape index (κ2) is 6.67. The van der Waals surface area contributed by atoms with Gasteiger partial charge < -0.3 is 14.8 Å². The third kappa shape index (κ3) is 3.41. The standard InChI is InChI=1S/C14H16BrNO2/c1-2-3-4-5-16-10-11-8-12(15)14-13(9-11)17-6-7-18-14/h1,8-9,16H,3-7,10H2. The van der Waals surface area contributed by atoms with Crippen LogP contribution in [0.5, 0.6) is 11.5 Å². The van der Waals surface area contributed by atoms with Crippen LogP contribution in [0.4, 0.5) is 0 Å². The van der Waals surface area contributed by atoms with Gasteiger partial charge in [-0.3, -0.25) is 0 Å². The van der Waals surface area contributed by atoms with Crippen molar-refractivity contribution in [1.82, 2.24) is 5.32 Å². The molecule has 0 aromatic heterocycles. The van der Waals surface area contributed by atoms with E-state index in [0.717, 1.165) is 41.9 Å². The Morgan fingerprint density at radius 2 is 2.17 bits per heavy atom. The van der Waals surface area contributed by atoms with Gasteiger partial charge in [0, 0.05) is 13.0 Å². The van der Waals surface area contributed by atoms with Crippen LogP contribution < -0.4 is 14.8 Å². The summed E-state index contributed by atoms with van der Waals surface area (Å²) in [6.45, 7) is 2.95. The molecule has 0 radical (unpaired) electrons. The van der Waals surface area contributed by atoms with Crippen molar-refractivity contribution in [1.29, 1.82) is 0 Å². The molecule has 0 spiro atoms. The molecule has 0 saturated carbocycles. The Labute approximate surface area is 116 Å². The minimum absolute atomic E-state index is 0.606. The number of benzene rings is 1. The maximum Gasteiger partial charge on any atom is 0.175 e. The molecular weight excluding hydrogens is 294 g/mol. The molecule has 3 nitrogen and oxygen atoms in total. The Hall–Kier alpha value is -1.18. The SMILES string of the molecule is C#CCCCNCc1cc(Br)c2c(c1)OCCO2. The minimum atomic E-state index is 0.606. The second-order valence-corrected chi connectivity index (χ2v) is 4.94. The van der Waals surface area contributed by atoms with Crippen molar-refractivity contribution in [3.8, 4) is 23.8 Å². The molecule has 0 unspecified atom stereocenters. The number of hydrogen-bond acceptors (Lipinski definition) is 3. The van der Waals surface area contributed by atoms with Gasteiger partial charge in [0.05, 0.1) is 4.47 Å². The molecule has 96 valence electrons. The smallest absolute Gasteiger partial charge is 0.175 e. The summed E-state index contributed by atoms with van der Waals surface area (Å²) in [5, 5.41) is 3.36. The Bertz CT molecular complexity index is 454. The Morgan fingerprint density at radius 1 is 1.33 bits per heavy atom. The zero-order valence-electron chi connectivity index (χ0n) is 10.2. The van der Waals surface area contributed by atoms with E-state index >= 15 is 0 Å². The summed E-state index contributed by atoms with van der Waals surface area (Å²) in [5.74, 6) is 4.25. The van der Waals surface area contributed by atoms with Gasteiger partial charge in [-0.15, -0.1) is 12.3 Å². The van der Waals surface area contributed by atoms with Crippen LogP contribution in [-0.4, -0.2) is 19.8 Å². The number of nitrogens with one attached hydrogen (secondary N) is 1. The zero-order valence-corrected chi connectivity index (χ0v) is 11.8. The molecular formula is C14H16BrNO2. The van der Waals surface area contributed by atoms with E-state index in [1.54, 1.807) is 0 Å². The molecule has 0 saturated heterocycles. The van der Waals surface area contributed by atoms with Crippen LogP contribution in [0.2, 0.25) is 0 Å². The normalized spacial score (nSPS) is 13.1. The Balaban J connectivity index is 1.93. The van der Waals surface area contributed by atoms with E-state index in [4.69, 9.17) is 15.9 Å². The first-order valence-corrected chi connectivity index (χ1v) is 6.83. The van der Waals surface area contributed by atoms with Crippen LogP contribution in [0.3, 0.4) is 0 Å². The Morgan fingerprint density at radius 3 is 3.00 bits per heavy atom. The van der Waals surface area contributed by atoms with E-state index in [1.807, 2.05) is 6.07 Å². The fraction of sp³-hybridized carbons (Fsp3) is 0.429. The largest absolute Gasteiger partial charge is 0.486 e. The molecule has 1 heterocycles. The molecule has 1 N–H and O–H groups in total. The molecule has 1 aromatic carbocycles. The zero-order chi connectivity index (χ0) is 12.8. The number of hydrogen-bond donors (Lipinski definition) is 1. The van der Waals surface area contributed by atoms with Gasteiger partial charge in [-0.2, -0.15) is 0 Å². The Kier molecular flexibility index (Phi) is 4.91. The first-order valence-electron chi connectivity index (χ1n) is 6.03. The lowest BCUT2D eigenvalue weighted by Gasteiger charge is -2.20. The lowest BCUT2D eigenvalue weighted by Crippen LogP contribution is -2.17. The van der Waals surface area contributed by atoms with Crippen LogP contribution >= 0.6 is 15.9 Å². The van der Waals surface area contributed by atoms with E-state index in [9.17, 15) is 0 Å². The second-order valence-electron chi connectivity index (χ2n) is 4.09. The molecule has 4 heteroatoms. The summed E-state index contributed by atoms with van der Waals surface area (Å²) in [6, 6.07) is 4.08. The summed E-state index contributed by atoms with van der Waals surface area (Å²) in [4.78, 5) is 0. The average molecular weight is 310 g/mol. The molecule has 1 aliphatic heterocycles. The highest BCUT2D eigenvalue weighted by atomic mass is 79.9. The maximum atomic E-state index is 5.58. The highest BCUT2D eigenvalue weighted by Crippen LogP contribution is 2.38. The van der Waals surface area contributed by atoms with Gasteiger partial charge >= 0.3 is 0 Å². The third-order valence-electron chi connectivity index (χ3n) is 2.66. The third-order valence-corrected chi connectivity index (χ3v) is 3.25. The van der Waals surface area contributed by atoms with Gasteiger partial charge in [0.15, 0.2) is 11.5 Å². The quantitative estimate of drug-likeness (QED) is 0.670. The highest BCUT2D eigenvalue weighted by Gasteiger charge is 2.15. The predicted octanol–water partition coefficient (Wildman–Crippen LogP) is 2.72. The topological polar surface area (TPSA) is 30.5 Å². The van der Waals surface area contributed by atoms with Crippen molar-refractivity contribution in [2.75, 3.05) is 19.8 Å². The van der Waals surface area contributed by atoms with E-state index < -0.39 is 0 Å².